The van der Waals surface area contributed by atoms with Gasteiger partial charge in [0.1, 0.15) is 6.61 Å². The molecule has 0 N–H and O–H groups in total. The van der Waals surface area contributed by atoms with Crippen molar-refractivity contribution in [2.75, 3.05) is 24.6 Å². The molecular weight excluding hydrogens is 444 g/mol. The largest absolute Gasteiger partial charge is 0.488 e. The molecule has 5 heteroatoms. The molecule has 198 valence electrons. The summed E-state index contributed by atoms with van der Waals surface area (Å²) in [5.74, 6) is 1.90. The maximum absolute atomic E-state index is 5.95. The lowest BCUT2D eigenvalue weighted by Crippen LogP contribution is -2.48. The predicted octanol–water partition coefficient (Wildman–Crippen LogP) is 6.67. The molecule has 0 radical (unpaired) electrons. The quantitative estimate of drug-likeness (QED) is 0.466. The summed E-state index contributed by atoms with van der Waals surface area (Å²) in [4.78, 5) is 15.3. The first kappa shape index (κ1) is 26.9. The third-order valence-electron chi connectivity index (χ3n) is 8.22. The monoisotopic (exact) mass is 492 g/mol. The van der Waals surface area contributed by atoms with Gasteiger partial charge in [-0.3, -0.25) is 9.88 Å². The van der Waals surface area contributed by atoms with Crippen LogP contribution in [0.4, 0.5) is 5.82 Å². The van der Waals surface area contributed by atoms with Crippen molar-refractivity contribution in [2.24, 2.45) is 0 Å². The molecule has 0 spiro atoms. The van der Waals surface area contributed by atoms with Crippen LogP contribution in [0.2, 0.25) is 0 Å². The molecule has 0 atom stereocenters. The Bertz CT molecular complexity index is 1090. The highest BCUT2D eigenvalue weighted by Gasteiger charge is 2.35. The molecule has 0 amide bonds. The van der Waals surface area contributed by atoms with Gasteiger partial charge in [-0.25, -0.2) is 4.98 Å². The topological polar surface area (TPSA) is 41.5 Å². The fourth-order valence-corrected chi connectivity index (χ4v) is 5.37. The van der Waals surface area contributed by atoms with E-state index in [9.17, 15) is 0 Å². The maximum Gasteiger partial charge on any atom is 0.172 e. The molecule has 2 aliphatic rings. The van der Waals surface area contributed by atoms with E-state index in [2.05, 4.69) is 103 Å². The molecule has 0 aliphatic carbocycles. The van der Waals surface area contributed by atoms with Crippen molar-refractivity contribution >= 4 is 5.82 Å². The number of aromatic nitrogens is 2. The van der Waals surface area contributed by atoms with Gasteiger partial charge in [0, 0.05) is 46.4 Å². The molecule has 2 aromatic heterocycles. The van der Waals surface area contributed by atoms with Crippen molar-refractivity contribution in [3.8, 4) is 5.75 Å². The molecule has 0 saturated heterocycles. The highest BCUT2D eigenvalue weighted by molar-refractivity contribution is 5.56. The Morgan fingerprint density at radius 1 is 0.806 bits per heavy atom. The van der Waals surface area contributed by atoms with Crippen LogP contribution in [0.3, 0.4) is 0 Å². The number of hydrogen-bond acceptors (Lipinski definition) is 5. The van der Waals surface area contributed by atoms with Gasteiger partial charge >= 0.3 is 0 Å². The maximum atomic E-state index is 5.95. The Morgan fingerprint density at radius 3 is 2.17 bits per heavy atom. The second-order valence-electron chi connectivity index (χ2n) is 14.1. The number of pyridine rings is 2. The summed E-state index contributed by atoms with van der Waals surface area (Å²) in [5.41, 5.74) is 5.17. The molecule has 2 aliphatic heterocycles. The van der Waals surface area contributed by atoms with Crippen LogP contribution in [-0.2, 0) is 23.8 Å². The molecule has 4 rings (SSSR count). The molecule has 36 heavy (non-hydrogen) atoms. The van der Waals surface area contributed by atoms with Crippen LogP contribution >= 0.6 is 0 Å². The van der Waals surface area contributed by atoms with Gasteiger partial charge < -0.3 is 9.64 Å². The summed E-state index contributed by atoms with van der Waals surface area (Å²) < 4.78 is 5.95. The smallest absolute Gasteiger partial charge is 0.172 e. The predicted molar refractivity (Wildman–Crippen MR) is 150 cm³/mol. The standard InChI is InChI=1S/C31H48N4O/c1-28(2,3)25-13-11-22-15-18-34(21-23(22)32-25)31(9,10)17-16-30(7,8)26-14-12-24-27(33-26)35(19-20-36-24)29(4,5)6/h11-14H,15-21H2,1-10H3. The van der Waals surface area contributed by atoms with E-state index in [1.807, 2.05) is 0 Å². The van der Waals surface area contributed by atoms with Crippen molar-refractivity contribution in [3.05, 3.63) is 46.9 Å². The van der Waals surface area contributed by atoms with Gasteiger partial charge in [-0.2, -0.15) is 0 Å². The minimum absolute atomic E-state index is 0.0156. The van der Waals surface area contributed by atoms with E-state index in [0.29, 0.717) is 6.61 Å². The molecule has 2 aromatic rings. The van der Waals surface area contributed by atoms with Crippen LogP contribution in [0, 0.1) is 0 Å². The number of ether oxygens (including phenoxy) is 1. The Morgan fingerprint density at radius 2 is 1.50 bits per heavy atom. The van der Waals surface area contributed by atoms with E-state index < -0.39 is 0 Å². The van der Waals surface area contributed by atoms with Crippen molar-refractivity contribution in [2.45, 2.75) is 117 Å². The lowest BCUT2D eigenvalue weighted by atomic mass is 9.79. The highest BCUT2D eigenvalue weighted by Crippen LogP contribution is 2.39. The Hall–Kier alpha value is -2.14. The average Bonchev–Trinajstić information content (AvgIpc) is 2.80. The molecule has 0 saturated carbocycles. The lowest BCUT2D eigenvalue weighted by molar-refractivity contribution is 0.0860. The number of fused-ring (bicyclic) bond motifs is 2. The minimum atomic E-state index is -0.0291. The van der Waals surface area contributed by atoms with Crippen molar-refractivity contribution < 1.29 is 4.74 Å². The Balaban J connectivity index is 1.49. The lowest BCUT2D eigenvalue weighted by Gasteiger charge is -2.43. The van der Waals surface area contributed by atoms with Crippen LogP contribution in [0.5, 0.6) is 5.75 Å². The number of rotatable bonds is 5. The fourth-order valence-electron chi connectivity index (χ4n) is 5.37. The summed E-state index contributed by atoms with van der Waals surface area (Å²) in [6, 6.07) is 8.83. The highest BCUT2D eigenvalue weighted by atomic mass is 16.5. The van der Waals surface area contributed by atoms with Crippen molar-refractivity contribution in [3.63, 3.8) is 0 Å². The first-order valence-corrected chi connectivity index (χ1v) is 13.7. The second kappa shape index (κ2) is 9.31. The molecule has 0 aromatic carbocycles. The summed E-state index contributed by atoms with van der Waals surface area (Å²) in [7, 11) is 0. The van der Waals surface area contributed by atoms with E-state index >= 15 is 0 Å². The summed E-state index contributed by atoms with van der Waals surface area (Å²) in [5, 5.41) is 0. The SMILES string of the molecule is CC(C)(C)c1ccc2c(n1)CN(C(C)(C)CCC(C)(C)c1ccc3c(n1)N(C(C)(C)C)CCO3)CC2. The third-order valence-corrected chi connectivity index (χ3v) is 8.22. The minimum Gasteiger partial charge on any atom is -0.488 e. The van der Waals surface area contributed by atoms with E-state index in [4.69, 9.17) is 14.7 Å². The van der Waals surface area contributed by atoms with Crippen molar-refractivity contribution in [1.29, 1.82) is 0 Å². The zero-order chi connectivity index (χ0) is 26.5. The Labute approximate surface area is 219 Å². The first-order valence-electron chi connectivity index (χ1n) is 13.7. The van der Waals surface area contributed by atoms with Crippen LogP contribution in [0.1, 0.15) is 105 Å². The van der Waals surface area contributed by atoms with E-state index in [1.165, 1.54) is 17.0 Å². The third kappa shape index (κ3) is 5.56. The van der Waals surface area contributed by atoms with Gasteiger partial charge in [-0.05, 0) is 77.6 Å². The Kier molecular flexibility index (Phi) is 6.96. The molecular formula is C31H48N4O. The van der Waals surface area contributed by atoms with Gasteiger partial charge in [-0.15, -0.1) is 0 Å². The summed E-state index contributed by atoms with van der Waals surface area (Å²) in [6.07, 6.45) is 3.25. The van der Waals surface area contributed by atoms with Crippen LogP contribution in [-0.4, -0.2) is 45.6 Å². The van der Waals surface area contributed by atoms with Crippen LogP contribution in [0.15, 0.2) is 24.3 Å². The fraction of sp³-hybridized carbons (Fsp3) is 0.677. The van der Waals surface area contributed by atoms with Gasteiger partial charge in [0.25, 0.3) is 0 Å². The van der Waals surface area contributed by atoms with Gasteiger partial charge in [0.05, 0.1) is 12.2 Å². The second-order valence-corrected chi connectivity index (χ2v) is 14.1. The number of nitrogens with zero attached hydrogens (tertiary/aromatic N) is 4. The molecule has 4 heterocycles. The zero-order valence-corrected chi connectivity index (χ0v) is 24.5. The van der Waals surface area contributed by atoms with E-state index in [1.54, 1.807) is 0 Å². The number of hydrogen-bond donors (Lipinski definition) is 0. The van der Waals surface area contributed by atoms with Gasteiger partial charge in [0.15, 0.2) is 11.6 Å². The number of anilines is 1. The summed E-state index contributed by atoms with van der Waals surface area (Å²) in [6.45, 7) is 26.6. The molecule has 0 unspecified atom stereocenters. The zero-order valence-electron chi connectivity index (χ0n) is 24.5. The molecule has 0 bridgehead atoms. The average molecular weight is 493 g/mol. The molecule has 0 fully saturated rings. The first-order chi connectivity index (χ1) is 16.6. The van der Waals surface area contributed by atoms with Gasteiger partial charge in [-0.1, -0.05) is 40.7 Å². The normalized spacial score (nSPS) is 17.4. The van der Waals surface area contributed by atoms with Crippen molar-refractivity contribution in [1.82, 2.24) is 14.9 Å². The molecule has 5 nitrogen and oxygen atoms in total. The van der Waals surface area contributed by atoms with E-state index in [-0.39, 0.29) is 21.9 Å². The van der Waals surface area contributed by atoms with Gasteiger partial charge in [0.2, 0.25) is 0 Å². The van der Waals surface area contributed by atoms with Crippen LogP contribution in [0.25, 0.3) is 0 Å². The van der Waals surface area contributed by atoms with Crippen LogP contribution < -0.4 is 9.64 Å². The summed E-state index contributed by atoms with van der Waals surface area (Å²) >= 11 is 0. The van der Waals surface area contributed by atoms with E-state index in [0.717, 1.165) is 56.2 Å².